The number of aromatic nitrogens is 3. The van der Waals surface area contributed by atoms with E-state index in [9.17, 15) is 4.79 Å². The molecule has 8 heteroatoms. The van der Waals surface area contributed by atoms with Gasteiger partial charge in [-0.05, 0) is 47.9 Å². The third-order valence-electron chi connectivity index (χ3n) is 4.92. The van der Waals surface area contributed by atoms with Gasteiger partial charge < -0.3 is 9.73 Å². The molecule has 2 aromatic heterocycles. The first kappa shape index (κ1) is 22.2. The molecule has 0 saturated carbocycles. The fraction of sp³-hybridized carbons (Fsp3) is 0.208. The van der Waals surface area contributed by atoms with Crippen LogP contribution in [0.1, 0.15) is 31.1 Å². The summed E-state index contributed by atoms with van der Waals surface area (Å²) in [5.41, 5.74) is 2.78. The van der Waals surface area contributed by atoms with Gasteiger partial charge in [0.15, 0.2) is 11.0 Å². The van der Waals surface area contributed by atoms with Gasteiger partial charge in [-0.2, -0.15) is 0 Å². The zero-order valence-electron chi connectivity index (χ0n) is 17.8. The summed E-state index contributed by atoms with van der Waals surface area (Å²) in [6, 6.07) is 19.1. The van der Waals surface area contributed by atoms with Gasteiger partial charge in [-0.15, -0.1) is 10.2 Å². The minimum atomic E-state index is -0.112. The topological polar surface area (TPSA) is 73.0 Å². The second-order valence-corrected chi connectivity index (χ2v) is 8.91. The number of hydrogen-bond acceptors (Lipinski definition) is 5. The van der Waals surface area contributed by atoms with Crippen molar-refractivity contribution in [3.63, 3.8) is 0 Å². The second-order valence-electron chi connectivity index (χ2n) is 7.57. The zero-order chi connectivity index (χ0) is 22.5. The molecule has 164 valence electrons. The third kappa shape index (κ3) is 5.23. The van der Waals surface area contributed by atoms with E-state index in [-0.39, 0.29) is 11.7 Å². The van der Waals surface area contributed by atoms with Gasteiger partial charge in [-0.25, -0.2) is 0 Å². The van der Waals surface area contributed by atoms with Gasteiger partial charge in [0.25, 0.3) is 0 Å². The van der Waals surface area contributed by atoms with Crippen molar-refractivity contribution in [1.29, 1.82) is 0 Å². The molecule has 0 atom stereocenters. The standard InChI is InChI=1S/C24H23ClN4O2S/c1-16(2)17-9-11-18(12-10-17)26-22(30)15-32-24-28-27-23(20-7-3-4-8-21(20)25)29(24)14-19-6-5-13-31-19/h3-13,16H,14-15H2,1-2H3,(H,26,30). The van der Waals surface area contributed by atoms with Gasteiger partial charge in [0.1, 0.15) is 5.76 Å². The molecule has 4 aromatic rings. The summed E-state index contributed by atoms with van der Waals surface area (Å²) in [6.07, 6.45) is 1.62. The van der Waals surface area contributed by atoms with E-state index in [0.29, 0.717) is 28.5 Å². The van der Waals surface area contributed by atoms with Crippen LogP contribution in [-0.2, 0) is 11.3 Å². The highest BCUT2D eigenvalue weighted by Crippen LogP contribution is 2.30. The molecule has 0 radical (unpaired) electrons. The Morgan fingerprint density at radius 2 is 1.88 bits per heavy atom. The summed E-state index contributed by atoms with van der Waals surface area (Å²) in [5.74, 6) is 1.92. The molecule has 0 fully saturated rings. The van der Waals surface area contributed by atoms with Crippen LogP contribution in [0.2, 0.25) is 5.02 Å². The summed E-state index contributed by atoms with van der Waals surface area (Å²) < 4.78 is 7.43. The molecule has 2 heterocycles. The highest BCUT2D eigenvalue weighted by molar-refractivity contribution is 7.99. The maximum absolute atomic E-state index is 12.5. The lowest BCUT2D eigenvalue weighted by atomic mass is 10.0. The normalized spacial score (nSPS) is 11.1. The number of furan rings is 1. The molecular formula is C24H23ClN4O2S. The number of anilines is 1. The Kier molecular flexibility index (Phi) is 6.97. The van der Waals surface area contributed by atoms with Gasteiger partial charge in [0.2, 0.25) is 5.91 Å². The number of amides is 1. The minimum Gasteiger partial charge on any atom is -0.467 e. The number of rotatable bonds is 8. The van der Waals surface area contributed by atoms with Crippen LogP contribution in [0.25, 0.3) is 11.4 Å². The Bertz CT molecular complexity index is 1190. The van der Waals surface area contributed by atoms with Crippen molar-refractivity contribution in [3.05, 3.63) is 83.3 Å². The van der Waals surface area contributed by atoms with Gasteiger partial charge in [-0.1, -0.05) is 61.5 Å². The van der Waals surface area contributed by atoms with Crippen molar-refractivity contribution in [2.45, 2.75) is 31.5 Å². The summed E-state index contributed by atoms with van der Waals surface area (Å²) in [7, 11) is 0. The Morgan fingerprint density at radius 3 is 2.56 bits per heavy atom. The fourth-order valence-electron chi connectivity index (χ4n) is 3.22. The van der Waals surface area contributed by atoms with Crippen molar-refractivity contribution in [3.8, 4) is 11.4 Å². The largest absolute Gasteiger partial charge is 0.467 e. The average Bonchev–Trinajstić information content (AvgIpc) is 3.44. The van der Waals surface area contributed by atoms with Gasteiger partial charge >= 0.3 is 0 Å². The van der Waals surface area contributed by atoms with Crippen LogP contribution in [0.5, 0.6) is 0 Å². The van der Waals surface area contributed by atoms with E-state index in [0.717, 1.165) is 17.0 Å². The fourth-order valence-corrected chi connectivity index (χ4v) is 4.17. The lowest BCUT2D eigenvalue weighted by molar-refractivity contribution is -0.113. The molecule has 0 aliphatic rings. The SMILES string of the molecule is CC(C)c1ccc(NC(=O)CSc2nnc(-c3ccccc3Cl)n2Cc2ccco2)cc1. The quantitative estimate of drug-likeness (QED) is 0.318. The zero-order valence-corrected chi connectivity index (χ0v) is 19.4. The van der Waals surface area contributed by atoms with Crippen molar-refractivity contribution >= 4 is 35.0 Å². The van der Waals surface area contributed by atoms with Gasteiger partial charge in [0.05, 0.1) is 23.6 Å². The smallest absolute Gasteiger partial charge is 0.234 e. The van der Waals surface area contributed by atoms with Gasteiger partial charge in [0, 0.05) is 11.3 Å². The lowest BCUT2D eigenvalue weighted by Crippen LogP contribution is -2.15. The molecule has 1 amide bonds. The molecule has 0 aliphatic heterocycles. The average molecular weight is 467 g/mol. The molecule has 4 rings (SSSR count). The highest BCUT2D eigenvalue weighted by atomic mass is 35.5. The van der Waals surface area contributed by atoms with E-state index >= 15 is 0 Å². The van der Waals surface area contributed by atoms with E-state index in [4.69, 9.17) is 16.0 Å². The van der Waals surface area contributed by atoms with E-state index < -0.39 is 0 Å². The third-order valence-corrected chi connectivity index (χ3v) is 6.22. The summed E-state index contributed by atoms with van der Waals surface area (Å²) in [4.78, 5) is 12.5. The lowest BCUT2D eigenvalue weighted by Gasteiger charge is -2.10. The van der Waals surface area contributed by atoms with Crippen LogP contribution in [-0.4, -0.2) is 26.4 Å². The molecule has 0 spiro atoms. The highest BCUT2D eigenvalue weighted by Gasteiger charge is 2.18. The summed E-state index contributed by atoms with van der Waals surface area (Å²) >= 11 is 7.71. The molecule has 32 heavy (non-hydrogen) atoms. The van der Waals surface area contributed by atoms with Crippen LogP contribution in [0.4, 0.5) is 5.69 Å². The van der Waals surface area contributed by atoms with Crippen LogP contribution in [0.3, 0.4) is 0 Å². The van der Waals surface area contributed by atoms with E-state index in [1.54, 1.807) is 6.26 Å². The number of halogens is 1. The van der Waals surface area contributed by atoms with E-state index in [1.165, 1.54) is 17.3 Å². The van der Waals surface area contributed by atoms with Gasteiger partial charge in [-0.3, -0.25) is 9.36 Å². The summed E-state index contributed by atoms with van der Waals surface area (Å²) in [5, 5.41) is 12.8. The maximum atomic E-state index is 12.5. The molecule has 1 N–H and O–H groups in total. The van der Waals surface area contributed by atoms with Crippen molar-refractivity contribution in [2.75, 3.05) is 11.1 Å². The van der Waals surface area contributed by atoms with Crippen molar-refractivity contribution < 1.29 is 9.21 Å². The Balaban J connectivity index is 1.50. The number of nitrogens with one attached hydrogen (secondary N) is 1. The van der Waals surface area contributed by atoms with E-state index in [1.807, 2.05) is 65.2 Å². The predicted octanol–water partition coefficient (Wildman–Crippen LogP) is 6.09. The molecule has 0 bridgehead atoms. The molecule has 0 saturated heterocycles. The number of hydrogen-bond donors (Lipinski definition) is 1. The Labute approximate surface area is 196 Å². The van der Waals surface area contributed by atoms with Crippen LogP contribution in [0, 0.1) is 0 Å². The monoisotopic (exact) mass is 466 g/mol. The first-order valence-corrected chi connectivity index (χ1v) is 11.6. The first-order chi connectivity index (χ1) is 15.5. The van der Waals surface area contributed by atoms with Crippen molar-refractivity contribution in [1.82, 2.24) is 14.8 Å². The number of benzene rings is 2. The first-order valence-electron chi connectivity index (χ1n) is 10.2. The van der Waals surface area contributed by atoms with E-state index in [2.05, 4.69) is 29.4 Å². The number of nitrogens with zero attached hydrogens (tertiary/aromatic N) is 3. The maximum Gasteiger partial charge on any atom is 0.234 e. The predicted molar refractivity (Wildman–Crippen MR) is 128 cm³/mol. The number of thioether (sulfide) groups is 1. The van der Waals surface area contributed by atoms with Crippen LogP contribution in [0.15, 0.2) is 76.5 Å². The van der Waals surface area contributed by atoms with Crippen molar-refractivity contribution in [2.24, 2.45) is 0 Å². The Hall–Kier alpha value is -3.03. The summed E-state index contributed by atoms with van der Waals surface area (Å²) in [6.45, 7) is 4.71. The molecular weight excluding hydrogens is 444 g/mol. The molecule has 0 unspecified atom stereocenters. The minimum absolute atomic E-state index is 0.112. The molecule has 0 aliphatic carbocycles. The van der Waals surface area contributed by atoms with Crippen LogP contribution < -0.4 is 5.32 Å². The number of carbonyl (C=O) groups is 1. The van der Waals surface area contributed by atoms with Crippen LogP contribution >= 0.6 is 23.4 Å². The number of carbonyl (C=O) groups excluding carboxylic acids is 1. The molecule has 2 aromatic carbocycles. The Morgan fingerprint density at radius 1 is 1.09 bits per heavy atom. The molecule has 6 nitrogen and oxygen atoms in total. The second kappa shape index (κ2) is 10.1.